The smallest absolute Gasteiger partial charge is 0.209 e. The van der Waals surface area contributed by atoms with E-state index in [1.807, 2.05) is 24.8 Å². The number of nitrogens with zero attached hydrogens (tertiary/aromatic N) is 2. The standard InChI is InChI=1S/C24H36N2O3/c1-23(2,28)11-14-29-22-6-4-3-5-21(22)19-8-12-26(13-9-19)20-7-10-24(15-20)16-25(17-24)18-27/h3-6,18-20,28H,7-17H2,1-2H3. The van der Waals surface area contributed by atoms with Crippen LogP contribution in [0.25, 0.3) is 0 Å². The molecule has 2 aliphatic heterocycles. The number of likely N-dealkylation sites (tertiary alicyclic amines) is 2. The van der Waals surface area contributed by atoms with Crippen molar-refractivity contribution >= 4 is 6.41 Å². The highest BCUT2D eigenvalue weighted by molar-refractivity contribution is 5.49. The molecule has 1 atom stereocenters. The fourth-order valence-corrected chi connectivity index (χ4v) is 5.60. The summed E-state index contributed by atoms with van der Waals surface area (Å²) in [5.41, 5.74) is 1.05. The largest absolute Gasteiger partial charge is 0.493 e. The van der Waals surface area contributed by atoms with Crippen molar-refractivity contribution in [1.29, 1.82) is 0 Å². The van der Waals surface area contributed by atoms with Crippen molar-refractivity contribution in [3.05, 3.63) is 29.8 Å². The third-order valence-electron chi connectivity index (χ3n) is 7.28. The van der Waals surface area contributed by atoms with E-state index in [-0.39, 0.29) is 0 Å². The quantitative estimate of drug-likeness (QED) is 0.713. The van der Waals surface area contributed by atoms with Gasteiger partial charge in [0.15, 0.2) is 0 Å². The van der Waals surface area contributed by atoms with Crippen molar-refractivity contribution in [2.24, 2.45) is 5.41 Å². The predicted molar refractivity (Wildman–Crippen MR) is 114 cm³/mol. The van der Waals surface area contributed by atoms with Crippen LogP contribution in [0.1, 0.15) is 63.9 Å². The minimum Gasteiger partial charge on any atom is -0.493 e. The molecule has 4 rings (SSSR count). The van der Waals surface area contributed by atoms with E-state index in [0.29, 0.717) is 30.4 Å². The summed E-state index contributed by atoms with van der Waals surface area (Å²) < 4.78 is 6.06. The molecular weight excluding hydrogens is 364 g/mol. The Morgan fingerprint density at radius 3 is 2.62 bits per heavy atom. The number of carbonyl (C=O) groups is 1. The molecule has 2 heterocycles. The number of piperidine rings is 1. The Morgan fingerprint density at radius 1 is 1.21 bits per heavy atom. The summed E-state index contributed by atoms with van der Waals surface area (Å²) in [6.45, 7) is 8.44. The summed E-state index contributed by atoms with van der Waals surface area (Å²) in [5.74, 6) is 1.53. The lowest BCUT2D eigenvalue weighted by Crippen LogP contribution is -2.55. The van der Waals surface area contributed by atoms with Crippen LogP contribution in [0.5, 0.6) is 5.75 Å². The third kappa shape index (κ3) is 4.77. The van der Waals surface area contributed by atoms with Crippen LogP contribution in [0.2, 0.25) is 0 Å². The molecule has 5 heteroatoms. The predicted octanol–water partition coefficient (Wildman–Crippen LogP) is 3.42. The van der Waals surface area contributed by atoms with Gasteiger partial charge in [0.05, 0.1) is 12.2 Å². The highest BCUT2D eigenvalue weighted by atomic mass is 16.5. The summed E-state index contributed by atoms with van der Waals surface area (Å²) >= 11 is 0. The molecular formula is C24H36N2O3. The van der Waals surface area contributed by atoms with E-state index in [9.17, 15) is 9.90 Å². The van der Waals surface area contributed by atoms with E-state index in [4.69, 9.17) is 4.74 Å². The van der Waals surface area contributed by atoms with E-state index >= 15 is 0 Å². The van der Waals surface area contributed by atoms with Gasteiger partial charge in [0.2, 0.25) is 6.41 Å². The SMILES string of the molecule is CC(C)(O)CCOc1ccccc1C1CCN(C2CCC3(C2)CN(C=O)C3)CC1. The summed E-state index contributed by atoms with van der Waals surface area (Å²) in [4.78, 5) is 15.5. The van der Waals surface area contributed by atoms with E-state index in [2.05, 4.69) is 23.1 Å². The number of para-hydroxylation sites is 1. The van der Waals surface area contributed by atoms with Gasteiger partial charge in [-0.1, -0.05) is 18.2 Å². The zero-order chi connectivity index (χ0) is 20.5. The Labute approximate surface area is 175 Å². The Kier molecular flexibility index (Phi) is 5.90. The molecule has 5 nitrogen and oxygen atoms in total. The van der Waals surface area contributed by atoms with Gasteiger partial charge in [0.25, 0.3) is 0 Å². The number of carbonyl (C=O) groups excluding carboxylic acids is 1. The number of hydrogen-bond donors (Lipinski definition) is 1. The maximum Gasteiger partial charge on any atom is 0.209 e. The first-order valence-electron chi connectivity index (χ1n) is 11.3. The molecule has 1 N–H and O–H groups in total. The average Bonchev–Trinajstić information content (AvgIpc) is 3.12. The van der Waals surface area contributed by atoms with E-state index in [1.165, 1.54) is 37.7 Å². The second kappa shape index (κ2) is 8.27. The molecule has 2 saturated heterocycles. The van der Waals surface area contributed by atoms with Crippen LogP contribution in [0.15, 0.2) is 24.3 Å². The Morgan fingerprint density at radius 2 is 1.93 bits per heavy atom. The third-order valence-corrected chi connectivity index (χ3v) is 7.28. The normalized spacial score (nSPS) is 25.2. The fraction of sp³-hybridized carbons (Fsp3) is 0.708. The number of ether oxygens (including phenoxy) is 1. The molecule has 1 unspecified atom stereocenters. The van der Waals surface area contributed by atoms with Crippen LogP contribution in [0, 0.1) is 5.41 Å². The maximum atomic E-state index is 10.9. The van der Waals surface area contributed by atoms with Gasteiger partial charge < -0.3 is 19.6 Å². The zero-order valence-corrected chi connectivity index (χ0v) is 18.0. The van der Waals surface area contributed by atoms with Crippen LogP contribution in [-0.4, -0.2) is 65.7 Å². The molecule has 1 spiro atoms. The number of aliphatic hydroxyl groups is 1. The van der Waals surface area contributed by atoms with Gasteiger partial charge in [-0.15, -0.1) is 0 Å². The molecule has 29 heavy (non-hydrogen) atoms. The number of rotatable bonds is 7. The zero-order valence-electron chi connectivity index (χ0n) is 18.0. The first-order chi connectivity index (χ1) is 13.9. The lowest BCUT2D eigenvalue weighted by atomic mass is 9.78. The first-order valence-corrected chi connectivity index (χ1v) is 11.3. The molecule has 3 fully saturated rings. The van der Waals surface area contributed by atoms with Crippen LogP contribution >= 0.6 is 0 Å². The van der Waals surface area contributed by atoms with E-state index < -0.39 is 5.60 Å². The Hall–Kier alpha value is -1.59. The monoisotopic (exact) mass is 400 g/mol. The molecule has 1 amide bonds. The van der Waals surface area contributed by atoms with Gasteiger partial charge in [-0.2, -0.15) is 0 Å². The van der Waals surface area contributed by atoms with Crippen molar-refractivity contribution in [3.8, 4) is 5.75 Å². The van der Waals surface area contributed by atoms with Gasteiger partial charge in [0, 0.05) is 31.0 Å². The van der Waals surface area contributed by atoms with Crippen molar-refractivity contribution in [2.75, 3.05) is 32.8 Å². The molecule has 0 aromatic heterocycles. The number of benzene rings is 1. The van der Waals surface area contributed by atoms with Gasteiger partial charge in [-0.3, -0.25) is 4.79 Å². The lowest BCUT2D eigenvalue weighted by Gasteiger charge is -2.47. The fourth-order valence-electron chi connectivity index (χ4n) is 5.60. The Bertz CT molecular complexity index is 700. The second-order valence-electron chi connectivity index (χ2n) is 10.2. The minimum atomic E-state index is -0.692. The first kappa shape index (κ1) is 20.7. The number of amides is 1. The second-order valence-corrected chi connectivity index (χ2v) is 10.2. The van der Waals surface area contributed by atoms with E-state index in [1.54, 1.807) is 0 Å². The topological polar surface area (TPSA) is 53.0 Å². The summed E-state index contributed by atoms with van der Waals surface area (Å²) in [7, 11) is 0. The summed E-state index contributed by atoms with van der Waals surface area (Å²) in [5, 5.41) is 9.93. The highest BCUT2D eigenvalue weighted by Gasteiger charge is 2.49. The molecule has 1 saturated carbocycles. The lowest BCUT2D eigenvalue weighted by molar-refractivity contribution is -0.129. The Balaban J connectivity index is 1.29. The molecule has 0 bridgehead atoms. The maximum absolute atomic E-state index is 10.9. The van der Waals surface area contributed by atoms with Crippen molar-refractivity contribution in [1.82, 2.24) is 9.80 Å². The van der Waals surface area contributed by atoms with E-state index in [0.717, 1.165) is 38.3 Å². The van der Waals surface area contributed by atoms with Gasteiger partial charge in [-0.05, 0) is 76.6 Å². The summed E-state index contributed by atoms with van der Waals surface area (Å²) in [6, 6.07) is 9.13. The minimum absolute atomic E-state index is 0.420. The summed E-state index contributed by atoms with van der Waals surface area (Å²) in [6.07, 6.45) is 7.81. The average molecular weight is 401 g/mol. The van der Waals surface area contributed by atoms with Crippen LogP contribution < -0.4 is 4.74 Å². The molecule has 1 aliphatic carbocycles. The van der Waals surface area contributed by atoms with Crippen LogP contribution in [0.3, 0.4) is 0 Å². The number of hydrogen-bond acceptors (Lipinski definition) is 4. The molecule has 0 radical (unpaired) electrons. The van der Waals surface area contributed by atoms with Gasteiger partial charge >= 0.3 is 0 Å². The van der Waals surface area contributed by atoms with Crippen molar-refractivity contribution in [3.63, 3.8) is 0 Å². The van der Waals surface area contributed by atoms with Crippen LogP contribution in [0.4, 0.5) is 0 Å². The van der Waals surface area contributed by atoms with Gasteiger partial charge in [0.1, 0.15) is 5.75 Å². The van der Waals surface area contributed by atoms with Gasteiger partial charge in [-0.25, -0.2) is 0 Å². The molecule has 1 aromatic rings. The molecule has 3 aliphatic rings. The van der Waals surface area contributed by atoms with Crippen LogP contribution in [-0.2, 0) is 4.79 Å². The van der Waals surface area contributed by atoms with Crippen molar-refractivity contribution < 1.29 is 14.6 Å². The van der Waals surface area contributed by atoms with Crippen molar-refractivity contribution in [2.45, 2.75) is 69.9 Å². The molecule has 1 aromatic carbocycles. The highest BCUT2D eigenvalue weighted by Crippen LogP contribution is 2.47. The molecule has 160 valence electrons.